The molecule has 5 rings (SSSR count). The third kappa shape index (κ3) is 11.4. The quantitative estimate of drug-likeness (QED) is 0.111. The van der Waals surface area contributed by atoms with Crippen LogP contribution in [-0.4, -0.2) is 58.2 Å². The molecule has 0 amide bonds. The predicted molar refractivity (Wildman–Crippen MR) is 238 cm³/mol. The molecule has 4 aromatic carbocycles. The van der Waals surface area contributed by atoms with Gasteiger partial charge in [-0.3, -0.25) is 0 Å². The summed E-state index contributed by atoms with van der Waals surface area (Å²) in [6.45, 7) is 22.9. The number of carbonyl (C=O) groups is 3. The first-order valence-corrected chi connectivity index (χ1v) is 22.6. The molecule has 322 valence electrons. The van der Waals surface area contributed by atoms with Crippen LogP contribution in [0, 0.1) is 0 Å². The highest BCUT2D eigenvalue weighted by atomic mass is 32.2. The van der Waals surface area contributed by atoms with Crippen LogP contribution in [-0.2, 0) is 36.0 Å². The van der Waals surface area contributed by atoms with Gasteiger partial charge in [-0.1, -0.05) is 130 Å². The standard InChI is InChI=1S/C46H54O10S4/c1-43(2,3)24-13-28-39(53)29(14-24)58-31-16-26(45(7,8)9)18-33(41(31)55-22-37(49)50)60-35-20-27(46(10,11)12)19-34(42(35)56-23-38(51)52)59-32-17-25(44(4,5)6)15-30(57-28)40(32)54-21-36(47)48/h13-20,53H,21-23H2,1-12H3,(H,47,48)(H,49,50)(H,51,52). The van der Waals surface area contributed by atoms with Crippen molar-refractivity contribution in [1.82, 2.24) is 0 Å². The van der Waals surface area contributed by atoms with Gasteiger partial charge in [-0.05, 0) is 92.4 Å². The normalized spacial score (nSPS) is 13.4. The Balaban J connectivity index is 2.01. The Labute approximate surface area is 369 Å². The molecule has 0 aromatic heterocycles. The van der Waals surface area contributed by atoms with Gasteiger partial charge in [0.05, 0.1) is 39.2 Å². The monoisotopic (exact) mass is 894 g/mol. The molecule has 0 radical (unpaired) electrons. The summed E-state index contributed by atoms with van der Waals surface area (Å²) in [7, 11) is 0. The molecule has 0 unspecified atom stereocenters. The van der Waals surface area contributed by atoms with Crippen LogP contribution in [0.4, 0.5) is 0 Å². The number of hydrogen-bond acceptors (Lipinski definition) is 11. The molecule has 0 aliphatic carbocycles. The highest BCUT2D eigenvalue weighted by Gasteiger charge is 2.30. The third-order valence-corrected chi connectivity index (χ3v) is 13.7. The molecule has 10 nitrogen and oxygen atoms in total. The zero-order valence-electron chi connectivity index (χ0n) is 36.1. The van der Waals surface area contributed by atoms with Crippen LogP contribution in [0.15, 0.2) is 87.7 Å². The number of fused-ring (bicyclic) bond motifs is 8. The summed E-state index contributed by atoms with van der Waals surface area (Å²) in [4.78, 5) is 40.6. The lowest BCUT2D eigenvalue weighted by Crippen LogP contribution is -2.15. The SMILES string of the molecule is CC(C)(C)c1cc2c(O)c(c1)Sc1cc(C(C)(C)C)cc(c1OCC(=O)O)Sc1cc(C(C)(C)C)cc(c1OCC(=O)O)Sc1cc(C(C)(C)C)cc(c1OCC(=O)O)S2. The van der Waals surface area contributed by atoms with Gasteiger partial charge in [0.25, 0.3) is 0 Å². The van der Waals surface area contributed by atoms with Gasteiger partial charge in [0.2, 0.25) is 0 Å². The van der Waals surface area contributed by atoms with Gasteiger partial charge >= 0.3 is 17.9 Å². The van der Waals surface area contributed by atoms with Gasteiger partial charge in [0, 0.05) is 0 Å². The number of hydrogen-bond donors (Lipinski definition) is 4. The van der Waals surface area contributed by atoms with E-state index in [0.29, 0.717) is 39.2 Å². The van der Waals surface area contributed by atoms with E-state index in [0.717, 1.165) is 22.3 Å². The van der Waals surface area contributed by atoms with Crippen molar-refractivity contribution < 1.29 is 49.0 Å². The fraction of sp³-hybridized carbons (Fsp3) is 0.413. The van der Waals surface area contributed by atoms with Crippen LogP contribution in [0.25, 0.3) is 0 Å². The lowest BCUT2D eigenvalue weighted by atomic mass is 9.87. The molecule has 0 fully saturated rings. The van der Waals surface area contributed by atoms with Crippen molar-refractivity contribution in [3.63, 3.8) is 0 Å². The Morgan fingerprint density at radius 3 is 0.767 bits per heavy atom. The molecule has 0 atom stereocenters. The van der Waals surface area contributed by atoms with Crippen molar-refractivity contribution in [2.75, 3.05) is 19.8 Å². The summed E-state index contributed by atoms with van der Waals surface area (Å²) >= 11 is 5.04. The van der Waals surface area contributed by atoms with E-state index >= 15 is 0 Å². The molecule has 60 heavy (non-hydrogen) atoms. The lowest BCUT2D eigenvalue weighted by Gasteiger charge is -2.27. The number of aliphatic carboxylic acids is 3. The molecule has 4 aromatic rings. The number of phenolic OH excluding ortho intramolecular Hbond substituents is 1. The van der Waals surface area contributed by atoms with E-state index in [1.54, 1.807) is 0 Å². The Hall–Kier alpha value is -4.11. The van der Waals surface area contributed by atoms with Crippen LogP contribution in [0.1, 0.15) is 105 Å². The van der Waals surface area contributed by atoms with Crippen molar-refractivity contribution in [2.24, 2.45) is 0 Å². The van der Waals surface area contributed by atoms with E-state index in [9.17, 15) is 34.8 Å². The minimum absolute atomic E-state index is 0.0198. The molecule has 14 heteroatoms. The summed E-state index contributed by atoms with van der Waals surface area (Å²) in [5, 5.41) is 41.9. The highest BCUT2D eigenvalue weighted by molar-refractivity contribution is 8.01. The summed E-state index contributed by atoms with van der Waals surface area (Å²) < 4.78 is 18.5. The van der Waals surface area contributed by atoms with Crippen LogP contribution in [0.5, 0.6) is 23.0 Å². The van der Waals surface area contributed by atoms with Gasteiger partial charge in [-0.25, -0.2) is 14.4 Å². The molecule has 4 N–H and O–H groups in total. The Bertz CT molecular complexity index is 2190. The summed E-state index contributed by atoms with van der Waals surface area (Å²) in [5.41, 5.74) is 2.10. The van der Waals surface area contributed by atoms with Crippen molar-refractivity contribution >= 4 is 65.0 Å². The van der Waals surface area contributed by atoms with Crippen LogP contribution in [0.2, 0.25) is 0 Å². The van der Waals surface area contributed by atoms with Crippen molar-refractivity contribution in [1.29, 1.82) is 0 Å². The van der Waals surface area contributed by atoms with E-state index in [1.165, 1.54) is 47.0 Å². The molecular weight excluding hydrogens is 841 g/mol. The smallest absolute Gasteiger partial charge is 0.341 e. The van der Waals surface area contributed by atoms with E-state index in [2.05, 4.69) is 83.1 Å². The van der Waals surface area contributed by atoms with Gasteiger partial charge in [0.1, 0.15) is 23.0 Å². The predicted octanol–water partition coefficient (Wildman–Crippen LogP) is 11.9. The maximum atomic E-state index is 12.3. The van der Waals surface area contributed by atoms with Crippen LogP contribution >= 0.6 is 47.0 Å². The van der Waals surface area contributed by atoms with Crippen molar-refractivity contribution in [3.8, 4) is 23.0 Å². The fourth-order valence-corrected chi connectivity index (χ4v) is 10.6. The molecule has 0 saturated carbocycles. The highest BCUT2D eigenvalue weighted by Crippen LogP contribution is 2.56. The second-order valence-corrected chi connectivity index (χ2v) is 23.0. The average Bonchev–Trinajstić information content (AvgIpc) is 3.09. The number of ether oxygens (including phenoxy) is 3. The molecule has 8 bridgehead atoms. The summed E-state index contributed by atoms with van der Waals surface area (Å²) in [6, 6.07) is 15.6. The Kier molecular flexibility index (Phi) is 13.9. The molecule has 1 aliphatic rings. The van der Waals surface area contributed by atoms with Gasteiger partial charge in [-0.15, -0.1) is 0 Å². The summed E-state index contributed by atoms with van der Waals surface area (Å²) in [5.74, 6) is -2.71. The number of rotatable bonds is 9. The van der Waals surface area contributed by atoms with Crippen LogP contribution in [0.3, 0.4) is 0 Å². The van der Waals surface area contributed by atoms with E-state index in [1.807, 2.05) is 48.5 Å². The largest absolute Gasteiger partial charge is 0.506 e. The zero-order chi connectivity index (χ0) is 44.7. The van der Waals surface area contributed by atoms with Crippen molar-refractivity contribution in [2.45, 2.75) is 144 Å². The zero-order valence-corrected chi connectivity index (χ0v) is 39.4. The fourth-order valence-electron chi connectivity index (χ4n) is 5.96. The molecular formula is C46H54O10S4. The number of carboxylic acids is 3. The number of phenols is 1. The second-order valence-electron chi connectivity index (χ2n) is 18.7. The number of aromatic hydroxyl groups is 1. The first-order valence-electron chi connectivity index (χ1n) is 19.3. The molecule has 0 saturated heterocycles. The molecule has 1 aliphatic heterocycles. The average molecular weight is 895 g/mol. The third-order valence-electron chi connectivity index (χ3n) is 9.47. The summed E-state index contributed by atoms with van der Waals surface area (Å²) in [6.07, 6.45) is 0. The Morgan fingerprint density at radius 2 is 0.583 bits per heavy atom. The van der Waals surface area contributed by atoms with E-state index in [-0.39, 0.29) is 39.2 Å². The van der Waals surface area contributed by atoms with Gasteiger partial charge < -0.3 is 34.6 Å². The van der Waals surface area contributed by atoms with Crippen LogP contribution < -0.4 is 14.2 Å². The maximum absolute atomic E-state index is 12.3. The van der Waals surface area contributed by atoms with Crippen molar-refractivity contribution in [3.05, 3.63) is 70.8 Å². The minimum Gasteiger partial charge on any atom is -0.506 e. The van der Waals surface area contributed by atoms with E-state index < -0.39 is 43.1 Å². The number of benzene rings is 4. The second kappa shape index (κ2) is 17.7. The Morgan fingerprint density at radius 1 is 0.400 bits per heavy atom. The van der Waals surface area contributed by atoms with E-state index in [4.69, 9.17) is 14.2 Å². The molecule has 1 heterocycles. The molecule has 0 spiro atoms. The minimum atomic E-state index is -1.18. The topological polar surface area (TPSA) is 160 Å². The van der Waals surface area contributed by atoms with Gasteiger partial charge in [-0.2, -0.15) is 0 Å². The number of carboxylic acid groups (broad SMARTS) is 3. The maximum Gasteiger partial charge on any atom is 0.341 e. The first-order chi connectivity index (χ1) is 27.6. The van der Waals surface area contributed by atoms with Gasteiger partial charge in [0.15, 0.2) is 19.8 Å². The first kappa shape index (κ1) is 46.9. The lowest BCUT2D eigenvalue weighted by molar-refractivity contribution is -0.140.